The number of carbonyl (C=O) groups is 1. The summed E-state index contributed by atoms with van der Waals surface area (Å²) in [6.45, 7) is 4.75. The van der Waals surface area contributed by atoms with E-state index in [0.717, 1.165) is 40.7 Å². The molecule has 1 unspecified atom stereocenters. The molecule has 3 aromatic rings. The molecule has 1 aliphatic heterocycles. The van der Waals surface area contributed by atoms with Crippen molar-refractivity contribution in [1.29, 1.82) is 0 Å². The highest BCUT2D eigenvalue weighted by molar-refractivity contribution is 7.09. The van der Waals surface area contributed by atoms with Crippen molar-refractivity contribution < 1.29 is 27.8 Å². The van der Waals surface area contributed by atoms with Gasteiger partial charge in [-0.25, -0.2) is 14.5 Å². The summed E-state index contributed by atoms with van der Waals surface area (Å²) < 4.78 is 41.4. The Kier molecular flexibility index (Phi) is 7.02. The van der Waals surface area contributed by atoms with Crippen molar-refractivity contribution >= 4 is 17.3 Å². The minimum absolute atomic E-state index is 0.0840. The van der Waals surface area contributed by atoms with Crippen molar-refractivity contribution in [3.63, 3.8) is 0 Å². The molecule has 2 N–H and O–H groups in total. The monoisotopic (exact) mass is 459 g/mol. The third-order valence-corrected chi connectivity index (χ3v) is 5.06. The van der Waals surface area contributed by atoms with Gasteiger partial charge in [0.05, 0.1) is 41.8 Å². The lowest BCUT2D eigenvalue weighted by molar-refractivity contribution is -0.192. The number of alkyl halides is 3. The fourth-order valence-electron chi connectivity index (χ4n) is 2.81. The van der Waals surface area contributed by atoms with Crippen LogP contribution in [-0.4, -0.2) is 59.7 Å². The van der Waals surface area contributed by atoms with E-state index in [1.54, 1.807) is 22.2 Å². The number of hydrogen-bond acceptors (Lipinski definition) is 8. The highest BCUT2D eigenvalue weighted by Gasteiger charge is 2.38. The predicted octanol–water partition coefficient (Wildman–Crippen LogP) is 1.77. The molecule has 10 nitrogen and oxygen atoms in total. The zero-order chi connectivity index (χ0) is 22.6. The second kappa shape index (κ2) is 9.53. The number of nitrogens with one attached hydrogen (secondary N) is 1. The Hall–Kier alpha value is -2.84. The second-order valence-corrected chi connectivity index (χ2v) is 7.76. The van der Waals surface area contributed by atoms with Gasteiger partial charge in [0, 0.05) is 37.3 Å². The Morgan fingerprint density at radius 2 is 2.19 bits per heavy atom. The van der Waals surface area contributed by atoms with Crippen LogP contribution in [0.15, 0.2) is 17.8 Å². The van der Waals surface area contributed by atoms with E-state index in [0.29, 0.717) is 13.2 Å². The van der Waals surface area contributed by atoms with Crippen molar-refractivity contribution in [2.45, 2.75) is 38.9 Å². The Bertz CT molecular complexity index is 1030. The van der Waals surface area contributed by atoms with Gasteiger partial charge in [-0.2, -0.15) is 18.3 Å². The largest absolute Gasteiger partial charge is 0.490 e. The first-order chi connectivity index (χ1) is 14.6. The Morgan fingerprint density at radius 1 is 1.45 bits per heavy atom. The van der Waals surface area contributed by atoms with Crippen LogP contribution in [0.4, 0.5) is 13.2 Å². The van der Waals surface area contributed by atoms with Gasteiger partial charge < -0.3 is 15.2 Å². The number of fused-ring (bicyclic) bond motifs is 1. The van der Waals surface area contributed by atoms with Crippen LogP contribution in [-0.2, 0) is 36.3 Å². The number of carboxylic acids is 1. The molecule has 0 spiro atoms. The molecule has 0 bridgehead atoms. The second-order valence-electron chi connectivity index (χ2n) is 6.69. The van der Waals surface area contributed by atoms with Crippen molar-refractivity contribution in [3.8, 4) is 11.3 Å². The Labute approximate surface area is 178 Å². The zero-order valence-corrected chi connectivity index (χ0v) is 17.4. The third kappa shape index (κ3) is 6.08. The van der Waals surface area contributed by atoms with Crippen LogP contribution in [0.1, 0.15) is 16.4 Å². The molecule has 1 atom stereocenters. The number of aromatic nitrogens is 6. The number of hydrogen-bond donors (Lipinski definition) is 2. The standard InChI is InChI=1S/C15H19N7OS.C2HF3O2/c1-10-18-12(9-24-10)4-16-5-13-7-22-14(8-23-13)15(19-20-22)11-3-17-21(2)6-11;3-2(4,5)1(6)7/h3,6,9,13,16H,4-5,7-8H2,1-2H3;(H,6,7). The lowest BCUT2D eigenvalue weighted by Gasteiger charge is -2.24. The number of nitrogens with zero attached hydrogens (tertiary/aromatic N) is 6. The van der Waals surface area contributed by atoms with Gasteiger partial charge in [-0.3, -0.25) is 4.68 Å². The smallest absolute Gasteiger partial charge is 0.475 e. The van der Waals surface area contributed by atoms with E-state index in [1.165, 1.54) is 0 Å². The van der Waals surface area contributed by atoms with Gasteiger partial charge in [0.15, 0.2) is 0 Å². The van der Waals surface area contributed by atoms with Gasteiger partial charge >= 0.3 is 12.1 Å². The van der Waals surface area contributed by atoms with Crippen LogP contribution in [0.3, 0.4) is 0 Å². The van der Waals surface area contributed by atoms with E-state index in [9.17, 15) is 13.2 Å². The van der Waals surface area contributed by atoms with Crippen LogP contribution >= 0.6 is 11.3 Å². The topological polar surface area (TPSA) is 120 Å². The fraction of sp³-hybridized carbons (Fsp3) is 0.471. The molecule has 4 rings (SSSR count). The number of ether oxygens (including phenoxy) is 1. The van der Waals surface area contributed by atoms with Gasteiger partial charge in [0.2, 0.25) is 0 Å². The summed E-state index contributed by atoms with van der Waals surface area (Å²) in [4.78, 5) is 13.3. The van der Waals surface area contributed by atoms with Crippen molar-refractivity contribution in [2.24, 2.45) is 7.05 Å². The quantitative estimate of drug-likeness (QED) is 0.592. The van der Waals surface area contributed by atoms with E-state index in [-0.39, 0.29) is 6.10 Å². The van der Waals surface area contributed by atoms with Crippen LogP contribution in [0, 0.1) is 6.92 Å². The van der Waals surface area contributed by atoms with Crippen molar-refractivity contribution in [3.05, 3.63) is 34.2 Å². The van der Waals surface area contributed by atoms with Gasteiger partial charge in [-0.15, -0.1) is 16.4 Å². The summed E-state index contributed by atoms with van der Waals surface area (Å²) in [7, 11) is 1.89. The van der Waals surface area contributed by atoms with Gasteiger partial charge in [-0.05, 0) is 6.92 Å². The van der Waals surface area contributed by atoms with Crippen molar-refractivity contribution in [1.82, 2.24) is 35.1 Å². The molecule has 0 saturated carbocycles. The molecule has 4 heterocycles. The molecule has 3 aromatic heterocycles. The summed E-state index contributed by atoms with van der Waals surface area (Å²) in [5.74, 6) is -2.76. The maximum Gasteiger partial charge on any atom is 0.490 e. The molecule has 0 fully saturated rings. The molecular weight excluding hydrogens is 439 g/mol. The molecule has 168 valence electrons. The van der Waals surface area contributed by atoms with Crippen LogP contribution < -0.4 is 5.32 Å². The van der Waals surface area contributed by atoms with Crippen molar-refractivity contribution in [2.75, 3.05) is 6.54 Å². The molecule has 0 amide bonds. The SMILES string of the molecule is Cc1nc(CNCC2Cn3nnc(-c4cnn(C)c4)c3CO2)cs1.O=C(O)C(F)(F)F. The number of rotatable bonds is 5. The summed E-state index contributed by atoms with van der Waals surface area (Å²) >= 11 is 1.67. The summed E-state index contributed by atoms with van der Waals surface area (Å²) in [6, 6.07) is 0. The number of carboxylic acid groups (broad SMARTS) is 1. The predicted molar refractivity (Wildman–Crippen MR) is 103 cm³/mol. The summed E-state index contributed by atoms with van der Waals surface area (Å²) in [5, 5.41) is 26.5. The maximum atomic E-state index is 10.6. The minimum Gasteiger partial charge on any atom is -0.475 e. The average molecular weight is 459 g/mol. The highest BCUT2D eigenvalue weighted by atomic mass is 32.1. The molecule has 0 radical (unpaired) electrons. The zero-order valence-electron chi connectivity index (χ0n) is 16.6. The molecule has 0 saturated heterocycles. The summed E-state index contributed by atoms with van der Waals surface area (Å²) in [5.41, 5.74) is 3.91. The first-order valence-electron chi connectivity index (χ1n) is 9.08. The summed E-state index contributed by atoms with van der Waals surface area (Å²) in [6.07, 6.45) is -1.26. The first-order valence-corrected chi connectivity index (χ1v) is 9.96. The molecule has 14 heteroatoms. The molecule has 31 heavy (non-hydrogen) atoms. The van der Waals surface area contributed by atoms with E-state index in [4.69, 9.17) is 14.6 Å². The maximum absolute atomic E-state index is 10.6. The molecule has 0 aliphatic carbocycles. The third-order valence-electron chi connectivity index (χ3n) is 4.24. The number of aryl methyl sites for hydroxylation is 2. The Morgan fingerprint density at radius 3 is 2.77 bits per heavy atom. The van der Waals surface area contributed by atoms with E-state index < -0.39 is 12.1 Å². The number of aliphatic carboxylic acids is 1. The van der Waals surface area contributed by atoms with Crippen LogP contribution in [0.5, 0.6) is 0 Å². The van der Waals surface area contributed by atoms with Gasteiger partial charge in [0.1, 0.15) is 5.69 Å². The van der Waals surface area contributed by atoms with E-state index in [2.05, 4.69) is 31.1 Å². The van der Waals surface area contributed by atoms with E-state index in [1.807, 2.05) is 24.9 Å². The van der Waals surface area contributed by atoms with Crippen LogP contribution in [0.2, 0.25) is 0 Å². The number of halogens is 3. The fourth-order valence-corrected chi connectivity index (χ4v) is 3.42. The average Bonchev–Trinajstić information content (AvgIpc) is 3.41. The highest BCUT2D eigenvalue weighted by Crippen LogP contribution is 2.24. The molecular formula is C17H20F3N7O3S. The molecule has 0 aromatic carbocycles. The first kappa shape index (κ1) is 22.8. The minimum atomic E-state index is -5.08. The lowest BCUT2D eigenvalue weighted by atomic mass is 10.2. The van der Waals surface area contributed by atoms with Crippen LogP contribution in [0.25, 0.3) is 11.3 Å². The lowest BCUT2D eigenvalue weighted by Crippen LogP contribution is -2.36. The molecule has 1 aliphatic rings. The van der Waals surface area contributed by atoms with Gasteiger partial charge in [0.25, 0.3) is 0 Å². The number of thiazole rings is 1. The normalized spacial score (nSPS) is 15.8. The van der Waals surface area contributed by atoms with E-state index >= 15 is 0 Å². The van der Waals surface area contributed by atoms with Gasteiger partial charge in [-0.1, -0.05) is 5.21 Å². The Balaban J connectivity index is 0.000000339.